The van der Waals surface area contributed by atoms with Crippen molar-refractivity contribution in [3.63, 3.8) is 0 Å². The van der Waals surface area contributed by atoms with Crippen molar-refractivity contribution in [2.75, 3.05) is 0 Å². The van der Waals surface area contributed by atoms with Crippen molar-refractivity contribution in [3.8, 4) is 0 Å². The van der Waals surface area contributed by atoms with Gasteiger partial charge >= 0.3 is 17.9 Å². The van der Waals surface area contributed by atoms with Gasteiger partial charge in [0.1, 0.15) is 6.10 Å². The molecule has 1 aliphatic carbocycles. The van der Waals surface area contributed by atoms with Crippen LogP contribution in [-0.2, 0) is 14.3 Å². The van der Waals surface area contributed by atoms with E-state index in [1.807, 2.05) is 0 Å². The standard InChI is InChI=1S/C9H12F2O4/c10-9(11,7(12)13)8(14)15-6-4-2-1-3-5-6/h6H,1-5H2,(H,12,13). The Balaban J connectivity index is 2.50. The lowest BCUT2D eigenvalue weighted by Crippen LogP contribution is -2.41. The second kappa shape index (κ2) is 4.55. The first kappa shape index (κ1) is 11.9. The first-order valence-corrected chi connectivity index (χ1v) is 4.77. The number of hydrogen-bond acceptors (Lipinski definition) is 3. The third kappa shape index (κ3) is 2.87. The molecule has 0 radical (unpaired) electrons. The normalized spacial score (nSPS) is 18.5. The lowest BCUT2D eigenvalue weighted by Gasteiger charge is -2.23. The van der Waals surface area contributed by atoms with Crippen molar-refractivity contribution in [2.45, 2.75) is 44.1 Å². The van der Waals surface area contributed by atoms with Crippen LogP contribution in [0.3, 0.4) is 0 Å². The van der Waals surface area contributed by atoms with Crippen LogP contribution in [0.2, 0.25) is 0 Å². The predicted octanol–water partition coefficient (Wildman–Crippen LogP) is 1.58. The number of alkyl halides is 2. The Morgan fingerprint density at radius 2 is 1.73 bits per heavy atom. The van der Waals surface area contributed by atoms with Crippen LogP contribution in [0.4, 0.5) is 8.78 Å². The van der Waals surface area contributed by atoms with E-state index < -0.39 is 24.0 Å². The summed E-state index contributed by atoms with van der Waals surface area (Å²) >= 11 is 0. The topological polar surface area (TPSA) is 63.6 Å². The molecule has 0 aromatic heterocycles. The lowest BCUT2D eigenvalue weighted by atomic mass is 9.98. The molecule has 0 unspecified atom stereocenters. The van der Waals surface area contributed by atoms with Crippen molar-refractivity contribution >= 4 is 11.9 Å². The molecule has 0 spiro atoms. The lowest BCUT2D eigenvalue weighted by molar-refractivity contribution is -0.191. The molecule has 86 valence electrons. The molecule has 0 aromatic carbocycles. The van der Waals surface area contributed by atoms with E-state index in [2.05, 4.69) is 4.74 Å². The fourth-order valence-electron chi connectivity index (χ4n) is 1.50. The number of carboxylic acid groups (broad SMARTS) is 1. The number of rotatable bonds is 3. The zero-order chi connectivity index (χ0) is 11.5. The minimum Gasteiger partial charge on any atom is -0.476 e. The van der Waals surface area contributed by atoms with E-state index in [1.54, 1.807) is 0 Å². The molecule has 1 fully saturated rings. The van der Waals surface area contributed by atoms with Gasteiger partial charge in [0.05, 0.1) is 0 Å². The van der Waals surface area contributed by atoms with Gasteiger partial charge in [-0.05, 0) is 25.7 Å². The highest BCUT2D eigenvalue weighted by Crippen LogP contribution is 2.24. The minimum atomic E-state index is -4.43. The Hall–Kier alpha value is -1.20. The third-order valence-corrected chi connectivity index (χ3v) is 2.35. The van der Waals surface area contributed by atoms with Crippen LogP contribution >= 0.6 is 0 Å². The molecule has 0 aliphatic heterocycles. The Labute approximate surface area is 85.2 Å². The van der Waals surface area contributed by atoms with E-state index in [0.29, 0.717) is 12.8 Å². The summed E-state index contributed by atoms with van der Waals surface area (Å²) in [5, 5.41) is 8.09. The van der Waals surface area contributed by atoms with Gasteiger partial charge < -0.3 is 9.84 Å². The van der Waals surface area contributed by atoms with Crippen molar-refractivity contribution in [1.29, 1.82) is 0 Å². The molecule has 0 atom stereocenters. The smallest absolute Gasteiger partial charge is 0.437 e. The molecule has 0 heterocycles. The quantitative estimate of drug-likeness (QED) is 0.581. The number of aliphatic carboxylic acids is 1. The summed E-state index contributed by atoms with van der Waals surface area (Å²) in [5.74, 6) is -8.86. The number of carbonyl (C=O) groups excluding carboxylic acids is 1. The fraction of sp³-hybridized carbons (Fsp3) is 0.778. The Kier molecular flexibility index (Phi) is 3.60. The first-order chi connectivity index (χ1) is 6.94. The summed E-state index contributed by atoms with van der Waals surface area (Å²) < 4.78 is 29.7. The van der Waals surface area contributed by atoms with Crippen LogP contribution in [0.25, 0.3) is 0 Å². The van der Waals surface area contributed by atoms with E-state index in [9.17, 15) is 18.4 Å². The molecule has 6 heteroatoms. The highest BCUT2D eigenvalue weighted by atomic mass is 19.3. The van der Waals surface area contributed by atoms with Gasteiger partial charge in [0.25, 0.3) is 0 Å². The van der Waals surface area contributed by atoms with Crippen LogP contribution < -0.4 is 0 Å². The van der Waals surface area contributed by atoms with Gasteiger partial charge in [0.15, 0.2) is 0 Å². The van der Waals surface area contributed by atoms with Crippen molar-refractivity contribution in [3.05, 3.63) is 0 Å². The summed E-state index contributed by atoms with van der Waals surface area (Å²) in [6.07, 6.45) is 3.12. The maximum atomic E-state index is 12.6. The second-order valence-corrected chi connectivity index (χ2v) is 3.54. The summed E-state index contributed by atoms with van der Waals surface area (Å²) in [7, 11) is 0. The van der Waals surface area contributed by atoms with Gasteiger partial charge in [-0.2, -0.15) is 8.78 Å². The third-order valence-electron chi connectivity index (χ3n) is 2.35. The van der Waals surface area contributed by atoms with E-state index in [1.165, 1.54) is 0 Å². The monoisotopic (exact) mass is 222 g/mol. The molecule has 1 aliphatic rings. The predicted molar refractivity (Wildman–Crippen MR) is 45.5 cm³/mol. The molecular formula is C9H12F2O4. The average Bonchev–Trinajstić information content (AvgIpc) is 2.18. The minimum absolute atomic E-state index is 0.529. The number of esters is 1. The largest absolute Gasteiger partial charge is 0.476 e. The summed E-state index contributed by atoms with van der Waals surface area (Å²) in [6, 6.07) is 0. The number of carboxylic acids is 1. The summed E-state index contributed by atoms with van der Waals surface area (Å²) in [5.41, 5.74) is 0. The highest BCUT2D eigenvalue weighted by molar-refractivity contribution is 6.00. The molecule has 1 N–H and O–H groups in total. The molecule has 0 bridgehead atoms. The maximum Gasteiger partial charge on any atom is 0.437 e. The molecule has 0 aromatic rings. The van der Waals surface area contributed by atoms with Gasteiger partial charge in [0.2, 0.25) is 0 Å². The number of carbonyl (C=O) groups is 2. The Morgan fingerprint density at radius 1 is 1.20 bits per heavy atom. The first-order valence-electron chi connectivity index (χ1n) is 4.77. The van der Waals surface area contributed by atoms with Crippen molar-refractivity contribution < 1.29 is 28.2 Å². The Morgan fingerprint density at radius 3 is 2.20 bits per heavy atom. The summed E-state index contributed by atoms with van der Waals surface area (Å²) in [6.45, 7) is 0. The van der Waals surface area contributed by atoms with Crippen LogP contribution in [0.15, 0.2) is 0 Å². The van der Waals surface area contributed by atoms with Crippen LogP contribution in [0.1, 0.15) is 32.1 Å². The van der Waals surface area contributed by atoms with Gasteiger partial charge in [-0.25, -0.2) is 9.59 Å². The van der Waals surface area contributed by atoms with Gasteiger partial charge in [-0.1, -0.05) is 6.42 Å². The SMILES string of the molecule is O=C(O)C(F)(F)C(=O)OC1CCCCC1. The van der Waals surface area contributed by atoms with Crippen molar-refractivity contribution in [2.24, 2.45) is 0 Å². The van der Waals surface area contributed by atoms with Crippen LogP contribution in [-0.4, -0.2) is 29.1 Å². The molecule has 0 saturated heterocycles. The fourth-order valence-corrected chi connectivity index (χ4v) is 1.50. The second-order valence-electron chi connectivity index (χ2n) is 3.54. The average molecular weight is 222 g/mol. The number of halogens is 2. The molecule has 1 rings (SSSR count). The van der Waals surface area contributed by atoms with Gasteiger partial charge in [-0.15, -0.1) is 0 Å². The van der Waals surface area contributed by atoms with E-state index in [4.69, 9.17) is 5.11 Å². The number of hydrogen-bond donors (Lipinski definition) is 1. The molecule has 15 heavy (non-hydrogen) atoms. The molecule has 4 nitrogen and oxygen atoms in total. The molecular weight excluding hydrogens is 210 g/mol. The van der Waals surface area contributed by atoms with E-state index >= 15 is 0 Å². The van der Waals surface area contributed by atoms with E-state index in [0.717, 1.165) is 19.3 Å². The van der Waals surface area contributed by atoms with E-state index in [-0.39, 0.29) is 0 Å². The summed E-state index contributed by atoms with van der Waals surface area (Å²) in [4.78, 5) is 20.9. The van der Waals surface area contributed by atoms with Crippen LogP contribution in [0, 0.1) is 0 Å². The van der Waals surface area contributed by atoms with Crippen LogP contribution in [0.5, 0.6) is 0 Å². The number of ether oxygens (including phenoxy) is 1. The Bertz CT molecular complexity index is 259. The maximum absolute atomic E-state index is 12.6. The van der Waals surface area contributed by atoms with Crippen molar-refractivity contribution in [1.82, 2.24) is 0 Å². The zero-order valence-electron chi connectivity index (χ0n) is 8.04. The molecule has 1 saturated carbocycles. The molecule has 0 amide bonds. The highest BCUT2D eigenvalue weighted by Gasteiger charge is 2.50. The van der Waals surface area contributed by atoms with Gasteiger partial charge in [0, 0.05) is 0 Å². The zero-order valence-corrected chi connectivity index (χ0v) is 8.04. The van der Waals surface area contributed by atoms with Gasteiger partial charge in [-0.3, -0.25) is 0 Å².